The third-order valence-electron chi connectivity index (χ3n) is 3.02. The summed E-state index contributed by atoms with van der Waals surface area (Å²) in [5.41, 5.74) is 0. The highest BCUT2D eigenvalue weighted by Gasteiger charge is 2.38. The molecule has 2 saturated heterocycles. The Morgan fingerprint density at radius 3 is 2.85 bits per heavy atom. The molecule has 0 unspecified atom stereocenters. The second-order valence-electron chi connectivity index (χ2n) is 4.19. The van der Waals surface area contributed by atoms with E-state index in [0.29, 0.717) is 12.0 Å². The van der Waals surface area contributed by atoms with Crippen LogP contribution >= 0.6 is 0 Å². The largest absolute Gasteiger partial charge is 0.331 e. The van der Waals surface area contributed by atoms with Crippen LogP contribution in [0.1, 0.15) is 6.42 Å². The van der Waals surface area contributed by atoms with Crippen LogP contribution < -0.4 is 5.32 Å². The summed E-state index contributed by atoms with van der Waals surface area (Å²) in [5, 5.41) is 3.43. The lowest BCUT2D eigenvalue weighted by Gasteiger charge is -2.21. The molecule has 4 heteroatoms. The smallest absolute Gasteiger partial charge is 0.319 e. The SMILES string of the molecule is CN(C)C(=O)N1C[C@@H]2CCN[C@@H]2C1. The van der Waals surface area contributed by atoms with Gasteiger partial charge in [0.25, 0.3) is 0 Å². The van der Waals surface area contributed by atoms with Crippen molar-refractivity contribution in [1.29, 1.82) is 0 Å². The zero-order valence-electron chi connectivity index (χ0n) is 8.29. The van der Waals surface area contributed by atoms with Gasteiger partial charge in [-0.05, 0) is 18.9 Å². The predicted octanol–water partition coefficient (Wildman–Crippen LogP) is -0.0383. The molecule has 4 nitrogen and oxygen atoms in total. The number of nitrogens with one attached hydrogen (secondary N) is 1. The van der Waals surface area contributed by atoms with Crippen molar-refractivity contribution in [2.24, 2.45) is 5.92 Å². The standard InChI is InChI=1S/C9H17N3O/c1-11(2)9(13)12-5-7-3-4-10-8(7)6-12/h7-8,10H,3-6H2,1-2H3/t7-,8+/m0/s1. The van der Waals surface area contributed by atoms with E-state index in [1.54, 1.807) is 4.90 Å². The Morgan fingerprint density at radius 2 is 2.23 bits per heavy atom. The molecule has 74 valence electrons. The van der Waals surface area contributed by atoms with Gasteiger partial charge in [0.05, 0.1) is 0 Å². The first-order valence-corrected chi connectivity index (χ1v) is 4.88. The van der Waals surface area contributed by atoms with Crippen LogP contribution in [0.2, 0.25) is 0 Å². The number of fused-ring (bicyclic) bond motifs is 1. The van der Waals surface area contributed by atoms with Crippen molar-refractivity contribution in [3.05, 3.63) is 0 Å². The summed E-state index contributed by atoms with van der Waals surface area (Å²) in [6.07, 6.45) is 1.22. The molecule has 0 spiro atoms. The van der Waals surface area contributed by atoms with Crippen LogP contribution in [-0.2, 0) is 0 Å². The minimum Gasteiger partial charge on any atom is -0.331 e. The molecule has 2 heterocycles. The number of amides is 2. The Morgan fingerprint density at radius 1 is 1.46 bits per heavy atom. The maximum Gasteiger partial charge on any atom is 0.319 e. The van der Waals surface area contributed by atoms with Crippen molar-refractivity contribution < 1.29 is 4.79 Å². The van der Waals surface area contributed by atoms with E-state index in [1.807, 2.05) is 19.0 Å². The Balaban J connectivity index is 1.95. The zero-order valence-corrected chi connectivity index (χ0v) is 8.29. The summed E-state index contributed by atoms with van der Waals surface area (Å²) >= 11 is 0. The average Bonchev–Trinajstić information content (AvgIpc) is 2.59. The molecule has 2 fully saturated rings. The molecule has 0 aromatic heterocycles. The number of carbonyl (C=O) groups excluding carboxylic acids is 1. The molecule has 0 aromatic carbocycles. The van der Waals surface area contributed by atoms with Gasteiger partial charge < -0.3 is 15.1 Å². The molecule has 2 aliphatic rings. The van der Waals surface area contributed by atoms with E-state index in [2.05, 4.69) is 5.32 Å². The first-order valence-electron chi connectivity index (χ1n) is 4.88. The molecule has 0 bridgehead atoms. The van der Waals surface area contributed by atoms with Gasteiger partial charge in [-0.15, -0.1) is 0 Å². The highest BCUT2D eigenvalue weighted by Crippen LogP contribution is 2.24. The Kier molecular flexibility index (Phi) is 2.15. The van der Waals surface area contributed by atoms with Crippen LogP contribution in [-0.4, -0.2) is 55.6 Å². The maximum absolute atomic E-state index is 11.6. The molecule has 0 aromatic rings. The minimum atomic E-state index is 0.149. The molecule has 2 rings (SSSR count). The predicted molar refractivity (Wildman–Crippen MR) is 50.6 cm³/mol. The third-order valence-corrected chi connectivity index (χ3v) is 3.02. The van der Waals surface area contributed by atoms with Crippen LogP contribution in [0.15, 0.2) is 0 Å². The number of rotatable bonds is 0. The molecular weight excluding hydrogens is 166 g/mol. The fourth-order valence-corrected chi connectivity index (χ4v) is 2.29. The zero-order chi connectivity index (χ0) is 9.42. The topological polar surface area (TPSA) is 35.6 Å². The lowest BCUT2D eigenvalue weighted by molar-refractivity contribution is 0.178. The summed E-state index contributed by atoms with van der Waals surface area (Å²) in [5.74, 6) is 0.698. The molecule has 0 radical (unpaired) electrons. The molecule has 0 saturated carbocycles. The lowest BCUT2D eigenvalue weighted by atomic mass is 10.1. The highest BCUT2D eigenvalue weighted by molar-refractivity contribution is 5.74. The number of urea groups is 1. The fourth-order valence-electron chi connectivity index (χ4n) is 2.29. The van der Waals surface area contributed by atoms with E-state index < -0.39 is 0 Å². The maximum atomic E-state index is 11.6. The van der Waals surface area contributed by atoms with Gasteiger partial charge in [0.15, 0.2) is 0 Å². The second kappa shape index (κ2) is 3.18. The number of nitrogens with zero attached hydrogens (tertiary/aromatic N) is 2. The van der Waals surface area contributed by atoms with E-state index in [4.69, 9.17) is 0 Å². The van der Waals surface area contributed by atoms with Gasteiger partial charge >= 0.3 is 6.03 Å². The summed E-state index contributed by atoms with van der Waals surface area (Å²) < 4.78 is 0. The summed E-state index contributed by atoms with van der Waals surface area (Å²) in [4.78, 5) is 15.2. The van der Waals surface area contributed by atoms with Crippen molar-refractivity contribution >= 4 is 6.03 Å². The first kappa shape index (κ1) is 8.81. The van der Waals surface area contributed by atoms with Gasteiger partial charge in [0.2, 0.25) is 0 Å². The van der Waals surface area contributed by atoms with Crippen molar-refractivity contribution in [3.63, 3.8) is 0 Å². The normalized spacial score (nSPS) is 32.0. The number of hydrogen-bond donors (Lipinski definition) is 1. The van der Waals surface area contributed by atoms with E-state index in [0.717, 1.165) is 19.6 Å². The van der Waals surface area contributed by atoms with E-state index in [9.17, 15) is 4.79 Å². The summed E-state index contributed by atoms with van der Waals surface area (Å²) in [6.45, 7) is 2.95. The Hall–Kier alpha value is -0.770. The van der Waals surface area contributed by atoms with Crippen LogP contribution in [0.4, 0.5) is 4.79 Å². The third kappa shape index (κ3) is 1.50. The molecule has 0 aliphatic carbocycles. The number of hydrogen-bond acceptors (Lipinski definition) is 2. The molecular formula is C9H17N3O. The quantitative estimate of drug-likeness (QED) is 0.572. The monoisotopic (exact) mass is 183 g/mol. The highest BCUT2D eigenvalue weighted by atomic mass is 16.2. The van der Waals surface area contributed by atoms with Crippen LogP contribution in [0.5, 0.6) is 0 Å². The van der Waals surface area contributed by atoms with Crippen LogP contribution in [0.25, 0.3) is 0 Å². The summed E-state index contributed by atoms with van der Waals surface area (Å²) in [7, 11) is 3.62. The average molecular weight is 183 g/mol. The van der Waals surface area contributed by atoms with Gasteiger partial charge in [-0.3, -0.25) is 0 Å². The van der Waals surface area contributed by atoms with Crippen molar-refractivity contribution in [1.82, 2.24) is 15.1 Å². The molecule has 2 atom stereocenters. The molecule has 2 amide bonds. The first-order chi connectivity index (χ1) is 6.18. The van der Waals surface area contributed by atoms with E-state index >= 15 is 0 Å². The van der Waals surface area contributed by atoms with Gasteiger partial charge in [0, 0.05) is 33.2 Å². The van der Waals surface area contributed by atoms with Crippen molar-refractivity contribution in [3.8, 4) is 0 Å². The number of carbonyl (C=O) groups is 1. The van der Waals surface area contributed by atoms with Crippen molar-refractivity contribution in [2.45, 2.75) is 12.5 Å². The minimum absolute atomic E-state index is 0.149. The molecule has 13 heavy (non-hydrogen) atoms. The molecule has 1 N–H and O–H groups in total. The van der Waals surface area contributed by atoms with Gasteiger partial charge in [0.1, 0.15) is 0 Å². The van der Waals surface area contributed by atoms with Gasteiger partial charge in [-0.2, -0.15) is 0 Å². The van der Waals surface area contributed by atoms with Crippen LogP contribution in [0.3, 0.4) is 0 Å². The Bertz CT molecular complexity index is 205. The van der Waals surface area contributed by atoms with E-state index in [-0.39, 0.29) is 6.03 Å². The summed E-state index contributed by atoms with van der Waals surface area (Å²) in [6, 6.07) is 0.708. The van der Waals surface area contributed by atoms with Crippen LogP contribution in [0, 0.1) is 5.92 Å². The van der Waals surface area contributed by atoms with Crippen molar-refractivity contribution in [2.75, 3.05) is 33.7 Å². The van der Waals surface area contributed by atoms with E-state index in [1.165, 1.54) is 6.42 Å². The fraction of sp³-hybridized carbons (Fsp3) is 0.889. The number of likely N-dealkylation sites (tertiary alicyclic amines) is 1. The van der Waals surface area contributed by atoms with Gasteiger partial charge in [-0.1, -0.05) is 0 Å². The Labute approximate surface area is 78.9 Å². The lowest BCUT2D eigenvalue weighted by Crippen LogP contribution is -2.40. The van der Waals surface area contributed by atoms with Gasteiger partial charge in [-0.25, -0.2) is 4.79 Å². The second-order valence-corrected chi connectivity index (χ2v) is 4.19. The molecule has 2 aliphatic heterocycles.